The fourth-order valence-electron chi connectivity index (χ4n) is 3.77. The van der Waals surface area contributed by atoms with Crippen molar-refractivity contribution in [3.8, 4) is 0 Å². The van der Waals surface area contributed by atoms with Gasteiger partial charge in [-0.3, -0.25) is 24.2 Å². The first-order valence-electron chi connectivity index (χ1n) is 10.1. The van der Waals surface area contributed by atoms with Gasteiger partial charge in [0.15, 0.2) is 0 Å². The van der Waals surface area contributed by atoms with Crippen molar-refractivity contribution >= 4 is 39.7 Å². The number of hydrogen-bond acceptors (Lipinski definition) is 6. The number of nitrogens with zero attached hydrogens (tertiary/aromatic N) is 4. The molecule has 2 heterocycles. The SMILES string of the molecule is CC(C)C[C@H](NC(=O)[C@@H]1CCCN2C(=O)CCC(NS(C)(=O)=O)C(=O)N12)C(=O)C=[N+]=[N-]. The van der Waals surface area contributed by atoms with Gasteiger partial charge in [-0.1, -0.05) is 13.8 Å². The molecule has 0 bridgehead atoms. The van der Waals surface area contributed by atoms with Crippen molar-refractivity contribution in [2.45, 2.75) is 64.1 Å². The Morgan fingerprint density at radius 1 is 1.29 bits per heavy atom. The van der Waals surface area contributed by atoms with Crippen molar-refractivity contribution < 1.29 is 32.4 Å². The van der Waals surface area contributed by atoms with Crippen molar-refractivity contribution in [2.75, 3.05) is 12.8 Å². The summed E-state index contributed by atoms with van der Waals surface area (Å²) < 4.78 is 25.6. The van der Waals surface area contributed by atoms with Crippen molar-refractivity contribution in [3.05, 3.63) is 5.53 Å². The maximum Gasteiger partial charge on any atom is 0.325 e. The zero-order valence-corrected chi connectivity index (χ0v) is 18.6. The monoisotopic (exact) mass is 456 g/mol. The molecule has 0 aromatic rings. The van der Waals surface area contributed by atoms with Gasteiger partial charge in [-0.25, -0.2) is 18.1 Å². The lowest BCUT2D eigenvalue weighted by molar-refractivity contribution is -0.176. The summed E-state index contributed by atoms with van der Waals surface area (Å²) in [6, 6.07) is -3.23. The van der Waals surface area contributed by atoms with E-state index in [2.05, 4.69) is 14.8 Å². The number of nitrogens with one attached hydrogen (secondary N) is 2. The van der Waals surface area contributed by atoms with Gasteiger partial charge in [0.1, 0.15) is 12.1 Å². The van der Waals surface area contributed by atoms with Crippen molar-refractivity contribution in [1.82, 2.24) is 20.1 Å². The van der Waals surface area contributed by atoms with E-state index in [4.69, 9.17) is 5.53 Å². The molecular formula is C18H28N6O6S. The highest BCUT2D eigenvalue weighted by molar-refractivity contribution is 7.88. The minimum Gasteiger partial charge on any atom is -0.361 e. The van der Waals surface area contributed by atoms with Crippen molar-refractivity contribution in [3.63, 3.8) is 0 Å². The number of hydrazine groups is 1. The molecule has 2 rings (SSSR count). The van der Waals surface area contributed by atoms with Gasteiger partial charge in [0, 0.05) is 13.0 Å². The van der Waals surface area contributed by atoms with Crippen LogP contribution in [0, 0.1) is 5.92 Å². The number of ketones is 1. The summed E-state index contributed by atoms with van der Waals surface area (Å²) in [6.45, 7) is 3.93. The number of amides is 3. The molecule has 3 amide bonds. The second-order valence-electron chi connectivity index (χ2n) is 8.18. The normalized spacial score (nSPS) is 23.0. The average molecular weight is 457 g/mol. The van der Waals surface area contributed by atoms with E-state index in [9.17, 15) is 27.6 Å². The Kier molecular flexibility index (Phi) is 8.04. The predicted molar refractivity (Wildman–Crippen MR) is 109 cm³/mol. The van der Waals surface area contributed by atoms with Crippen LogP contribution in [-0.4, -0.2) is 83.9 Å². The fraction of sp³-hybridized carbons (Fsp3) is 0.722. The third-order valence-electron chi connectivity index (χ3n) is 5.07. The van der Waals surface area contributed by atoms with E-state index in [-0.39, 0.29) is 44.1 Å². The molecule has 2 aliphatic heterocycles. The minimum atomic E-state index is -3.73. The fourth-order valence-corrected chi connectivity index (χ4v) is 4.51. The van der Waals surface area contributed by atoms with Crippen LogP contribution in [0.2, 0.25) is 0 Å². The quantitative estimate of drug-likeness (QED) is 0.265. The van der Waals surface area contributed by atoms with Gasteiger partial charge in [0.25, 0.3) is 11.7 Å². The van der Waals surface area contributed by atoms with Crippen molar-refractivity contribution in [2.24, 2.45) is 5.92 Å². The third-order valence-corrected chi connectivity index (χ3v) is 5.79. The van der Waals surface area contributed by atoms with E-state index in [1.807, 2.05) is 13.8 Å². The number of carbonyl (C=O) groups is 4. The molecule has 172 valence electrons. The molecule has 0 aliphatic carbocycles. The Morgan fingerprint density at radius 3 is 2.55 bits per heavy atom. The van der Waals surface area contributed by atoms with E-state index in [1.54, 1.807) is 0 Å². The molecule has 12 nitrogen and oxygen atoms in total. The Bertz CT molecular complexity index is 897. The number of rotatable bonds is 8. The molecule has 2 saturated heterocycles. The highest BCUT2D eigenvalue weighted by Gasteiger charge is 2.45. The molecule has 0 saturated carbocycles. The predicted octanol–water partition coefficient (Wildman–Crippen LogP) is -1.17. The molecule has 2 N–H and O–H groups in total. The molecule has 0 aromatic carbocycles. The molecule has 31 heavy (non-hydrogen) atoms. The molecular weight excluding hydrogens is 428 g/mol. The lowest BCUT2D eigenvalue weighted by Gasteiger charge is -2.43. The average Bonchev–Trinajstić information content (AvgIpc) is 2.78. The van der Waals surface area contributed by atoms with Gasteiger partial charge in [-0.2, -0.15) is 4.79 Å². The summed E-state index contributed by atoms with van der Waals surface area (Å²) in [6.07, 6.45) is 2.52. The number of sulfonamides is 1. The van der Waals surface area contributed by atoms with Gasteiger partial charge >= 0.3 is 6.21 Å². The highest BCUT2D eigenvalue weighted by atomic mass is 32.2. The van der Waals surface area contributed by atoms with Crippen LogP contribution in [0.25, 0.3) is 5.53 Å². The second-order valence-corrected chi connectivity index (χ2v) is 9.96. The van der Waals surface area contributed by atoms with Crippen LogP contribution in [0.1, 0.15) is 46.0 Å². The Balaban J connectivity index is 2.31. The first-order chi connectivity index (χ1) is 14.4. The Labute approximate surface area is 181 Å². The van der Waals surface area contributed by atoms with Gasteiger partial charge in [0.05, 0.1) is 12.3 Å². The van der Waals surface area contributed by atoms with Gasteiger partial charge < -0.3 is 10.8 Å². The number of carbonyl (C=O) groups excluding carboxylic acids is 4. The zero-order valence-electron chi connectivity index (χ0n) is 17.8. The van der Waals surface area contributed by atoms with E-state index in [0.29, 0.717) is 12.6 Å². The summed E-state index contributed by atoms with van der Waals surface area (Å²) in [5.41, 5.74) is 8.66. The second kappa shape index (κ2) is 10.1. The molecule has 2 aliphatic rings. The van der Waals surface area contributed by atoms with E-state index >= 15 is 0 Å². The Hall–Kier alpha value is -2.63. The van der Waals surface area contributed by atoms with Crippen LogP contribution in [0.15, 0.2) is 0 Å². The topological polar surface area (TPSA) is 169 Å². The van der Waals surface area contributed by atoms with E-state index < -0.39 is 45.7 Å². The van der Waals surface area contributed by atoms with Gasteiger partial charge in [0.2, 0.25) is 21.8 Å². The van der Waals surface area contributed by atoms with Crippen LogP contribution in [-0.2, 0) is 29.2 Å². The number of fused-ring (bicyclic) bond motifs is 1. The first-order valence-corrected chi connectivity index (χ1v) is 12.0. The lowest BCUT2D eigenvalue weighted by atomic mass is 9.99. The molecule has 1 unspecified atom stereocenters. The zero-order chi connectivity index (χ0) is 23.3. The van der Waals surface area contributed by atoms with Crippen LogP contribution in [0.3, 0.4) is 0 Å². The minimum absolute atomic E-state index is 0.0203. The first kappa shape index (κ1) is 24.6. The van der Waals surface area contributed by atoms with Gasteiger partial charge in [-0.05, 0) is 31.6 Å². The Morgan fingerprint density at radius 2 is 1.97 bits per heavy atom. The van der Waals surface area contributed by atoms with E-state index in [0.717, 1.165) is 11.3 Å². The molecule has 3 atom stereocenters. The lowest BCUT2D eigenvalue weighted by Crippen LogP contribution is -2.64. The molecule has 0 spiro atoms. The smallest absolute Gasteiger partial charge is 0.325 e. The third kappa shape index (κ3) is 6.42. The van der Waals surface area contributed by atoms with Crippen LogP contribution < -0.4 is 10.0 Å². The standard InChI is InChI=1S/C18H28N6O6S/c1-11(2)9-13(15(25)10-20-19)21-17(27)14-5-4-8-23-16(26)7-6-12(18(28)24(14)23)22-31(3,29)30/h10-14,22H,4-9H2,1-3H3,(H,21,27)/t12?,13-,14-/m0/s1. The summed E-state index contributed by atoms with van der Waals surface area (Å²) >= 11 is 0. The summed E-state index contributed by atoms with van der Waals surface area (Å²) in [4.78, 5) is 53.7. The molecule has 2 fully saturated rings. The highest BCUT2D eigenvalue weighted by Crippen LogP contribution is 2.25. The van der Waals surface area contributed by atoms with E-state index in [1.165, 1.54) is 5.01 Å². The summed E-state index contributed by atoms with van der Waals surface area (Å²) in [7, 11) is -3.73. The molecule has 13 heteroatoms. The van der Waals surface area contributed by atoms with Crippen molar-refractivity contribution in [1.29, 1.82) is 0 Å². The number of hydrogen-bond donors (Lipinski definition) is 2. The number of Topliss-reactive ketones (excluding diaryl/α,β-unsaturated/α-hetero) is 1. The molecule has 0 aromatic heterocycles. The van der Waals surface area contributed by atoms with Crippen LogP contribution in [0.4, 0.5) is 0 Å². The maximum atomic E-state index is 13.1. The van der Waals surface area contributed by atoms with Crippen LogP contribution in [0.5, 0.6) is 0 Å². The maximum absolute atomic E-state index is 13.1. The summed E-state index contributed by atoms with van der Waals surface area (Å²) in [5.74, 6) is -2.29. The van der Waals surface area contributed by atoms with Crippen LogP contribution >= 0.6 is 0 Å². The van der Waals surface area contributed by atoms with Gasteiger partial charge in [-0.15, -0.1) is 0 Å². The largest absolute Gasteiger partial charge is 0.361 e. The molecule has 0 radical (unpaired) electrons. The summed E-state index contributed by atoms with van der Waals surface area (Å²) in [5, 5.41) is 4.80.